The molecule has 0 radical (unpaired) electrons. The van der Waals surface area contributed by atoms with Gasteiger partial charge in [0.15, 0.2) is 0 Å². The number of nitrogens with one attached hydrogen (secondary N) is 1. The van der Waals surface area contributed by atoms with Gasteiger partial charge in [-0.05, 0) is 66.2 Å². The summed E-state index contributed by atoms with van der Waals surface area (Å²) in [4.78, 5) is 39.1. The molecule has 1 aliphatic rings. The average Bonchev–Trinajstić information content (AvgIpc) is 2.82. The van der Waals surface area contributed by atoms with Gasteiger partial charge in [-0.15, -0.1) is 0 Å². The van der Waals surface area contributed by atoms with Crippen LogP contribution in [0, 0.1) is 0 Å². The molecule has 3 aromatic carbocycles. The van der Waals surface area contributed by atoms with Crippen LogP contribution in [0.4, 0.5) is 10.5 Å². The second-order valence-corrected chi connectivity index (χ2v) is 9.08. The second-order valence-electron chi connectivity index (χ2n) is 7.25. The van der Waals surface area contributed by atoms with E-state index in [1.165, 1.54) is 13.2 Å². The molecule has 9 heteroatoms. The zero-order chi connectivity index (χ0) is 24.2. The number of methoxy groups -OCH3 is 1. The van der Waals surface area contributed by atoms with Crippen molar-refractivity contribution in [2.24, 2.45) is 0 Å². The number of ether oxygens (including phenoxy) is 2. The van der Waals surface area contributed by atoms with Gasteiger partial charge >= 0.3 is 6.03 Å². The summed E-state index contributed by atoms with van der Waals surface area (Å²) in [6, 6.07) is 18.5. The highest BCUT2D eigenvalue weighted by Crippen LogP contribution is 2.29. The standard InChI is InChI=1S/C25H18Br2N2O5/c1-33-20-9-7-19(8-10-20)29-24(31)21(23(30)28-25(29)32)13-16-12-18(27)6-11-22(16)34-14-15-2-4-17(26)5-3-15/h2-13H,14H2,1H3,(H,28,30,32)/b21-13+. The molecule has 0 unspecified atom stereocenters. The Morgan fingerprint density at radius 1 is 0.912 bits per heavy atom. The lowest BCUT2D eigenvalue weighted by Gasteiger charge is -2.26. The molecule has 1 saturated heterocycles. The maximum absolute atomic E-state index is 13.2. The number of imide groups is 2. The summed E-state index contributed by atoms with van der Waals surface area (Å²) in [7, 11) is 1.52. The summed E-state index contributed by atoms with van der Waals surface area (Å²) in [6.45, 7) is 0.293. The van der Waals surface area contributed by atoms with Crippen molar-refractivity contribution in [1.82, 2.24) is 5.32 Å². The van der Waals surface area contributed by atoms with Gasteiger partial charge in [-0.25, -0.2) is 9.69 Å². The maximum atomic E-state index is 13.2. The number of barbiturate groups is 1. The van der Waals surface area contributed by atoms with Gasteiger partial charge in [0.2, 0.25) is 0 Å². The molecule has 0 aromatic heterocycles. The Morgan fingerprint density at radius 2 is 1.59 bits per heavy atom. The Hall–Kier alpha value is -3.43. The highest BCUT2D eigenvalue weighted by Gasteiger charge is 2.37. The molecule has 1 fully saturated rings. The molecule has 0 atom stereocenters. The third-order valence-corrected chi connectivity index (χ3v) is 6.03. The Bertz CT molecular complexity index is 1290. The van der Waals surface area contributed by atoms with Crippen molar-refractivity contribution in [1.29, 1.82) is 0 Å². The van der Waals surface area contributed by atoms with Crippen LogP contribution in [0.1, 0.15) is 11.1 Å². The third kappa shape index (κ3) is 5.21. The molecule has 7 nitrogen and oxygen atoms in total. The van der Waals surface area contributed by atoms with Crippen molar-refractivity contribution < 1.29 is 23.9 Å². The SMILES string of the molecule is COc1ccc(N2C(=O)NC(=O)/C(=C\c3cc(Br)ccc3OCc3ccc(Br)cc3)C2=O)cc1. The van der Waals surface area contributed by atoms with Crippen LogP contribution in [0.25, 0.3) is 6.08 Å². The predicted octanol–water partition coefficient (Wildman–Crippen LogP) is 5.47. The minimum atomic E-state index is -0.821. The molecule has 1 aliphatic heterocycles. The van der Waals surface area contributed by atoms with Crippen LogP contribution in [0.2, 0.25) is 0 Å². The molecular formula is C25H18Br2N2O5. The van der Waals surface area contributed by atoms with Crippen molar-refractivity contribution >= 4 is 61.5 Å². The largest absolute Gasteiger partial charge is 0.497 e. The highest BCUT2D eigenvalue weighted by atomic mass is 79.9. The molecular weight excluding hydrogens is 568 g/mol. The van der Waals surface area contributed by atoms with Crippen LogP contribution < -0.4 is 19.7 Å². The van der Waals surface area contributed by atoms with Gasteiger partial charge < -0.3 is 9.47 Å². The lowest BCUT2D eigenvalue weighted by molar-refractivity contribution is -0.122. The number of carbonyl (C=O) groups is 3. The number of halogens is 2. The first-order valence-electron chi connectivity index (χ1n) is 10.1. The molecule has 1 N–H and O–H groups in total. The van der Waals surface area contributed by atoms with Crippen molar-refractivity contribution in [3.8, 4) is 11.5 Å². The molecule has 0 saturated carbocycles. The zero-order valence-corrected chi connectivity index (χ0v) is 21.1. The monoisotopic (exact) mass is 584 g/mol. The Kier molecular flexibility index (Phi) is 7.14. The highest BCUT2D eigenvalue weighted by molar-refractivity contribution is 9.10. The lowest BCUT2D eigenvalue weighted by Crippen LogP contribution is -2.54. The molecule has 4 rings (SSSR count). The van der Waals surface area contributed by atoms with E-state index in [0.717, 1.165) is 19.4 Å². The minimum Gasteiger partial charge on any atom is -0.497 e. The first-order chi connectivity index (χ1) is 16.4. The topological polar surface area (TPSA) is 84.9 Å². The van der Waals surface area contributed by atoms with Crippen LogP contribution in [-0.2, 0) is 16.2 Å². The molecule has 172 valence electrons. The second kappa shape index (κ2) is 10.2. The van der Waals surface area contributed by atoms with Gasteiger partial charge in [0.1, 0.15) is 23.7 Å². The van der Waals surface area contributed by atoms with Crippen LogP contribution >= 0.6 is 31.9 Å². The van der Waals surface area contributed by atoms with E-state index in [-0.39, 0.29) is 5.57 Å². The lowest BCUT2D eigenvalue weighted by atomic mass is 10.1. The van der Waals surface area contributed by atoms with Crippen molar-refractivity contribution in [2.45, 2.75) is 6.61 Å². The fraction of sp³-hybridized carbons (Fsp3) is 0.0800. The van der Waals surface area contributed by atoms with Crippen molar-refractivity contribution in [3.63, 3.8) is 0 Å². The maximum Gasteiger partial charge on any atom is 0.335 e. The van der Waals surface area contributed by atoms with Crippen LogP contribution in [0.5, 0.6) is 11.5 Å². The summed E-state index contributed by atoms with van der Waals surface area (Å²) in [5.74, 6) is -0.467. The molecule has 3 aromatic rings. The molecule has 34 heavy (non-hydrogen) atoms. The van der Waals surface area contributed by atoms with Gasteiger partial charge in [0.05, 0.1) is 12.8 Å². The first kappa shape index (κ1) is 23.7. The van der Waals surface area contributed by atoms with Crippen molar-refractivity contribution in [3.05, 3.63) is 92.4 Å². The minimum absolute atomic E-state index is 0.193. The Labute approximate surface area is 212 Å². The predicted molar refractivity (Wildman–Crippen MR) is 135 cm³/mol. The van der Waals surface area contributed by atoms with Gasteiger partial charge in [-0.3, -0.25) is 14.9 Å². The number of hydrogen-bond donors (Lipinski definition) is 1. The van der Waals surface area contributed by atoms with Gasteiger partial charge in [0, 0.05) is 14.5 Å². The number of hydrogen-bond acceptors (Lipinski definition) is 5. The smallest absolute Gasteiger partial charge is 0.335 e. The fourth-order valence-electron chi connectivity index (χ4n) is 3.28. The van der Waals surface area contributed by atoms with Crippen molar-refractivity contribution in [2.75, 3.05) is 12.0 Å². The van der Waals surface area contributed by atoms with Crippen LogP contribution in [-0.4, -0.2) is 25.0 Å². The third-order valence-electron chi connectivity index (χ3n) is 5.01. The van der Waals surface area contributed by atoms with E-state index in [4.69, 9.17) is 9.47 Å². The zero-order valence-electron chi connectivity index (χ0n) is 17.9. The molecule has 0 bridgehead atoms. The summed E-state index contributed by atoms with van der Waals surface area (Å²) in [6.07, 6.45) is 1.42. The van der Waals surface area contributed by atoms with E-state index >= 15 is 0 Å². The van der Waals surface area contributed by atoms with E-state index < -0.39 is 17.8 Å². The first-order valence-corrected chi connectivity index (χ1v) is 11.7. The van der Waals surface area contributed by atoms with Crippen LogP contribution in [0.3, 0.4) is 0 Å². The summed E-state index contributed by atoms with van der Waals surface area (Å²) in [5, 5.41) is 2.23. The van der Waals surface area contributed by atoms with Gasteiger partial charge in [-0.1, -0.05) is 44.0 Å². The van der Waals surface area contributed by atoms with E-state index in [1.807, 2.05) is 24.3 Å². The summed E-state index contributed by atoms with van der Waals surface area (Å²) in [5.41, 5.74) is 1.58. The van der Waals surface area contributed by atoms with E-state index in [2.05, 4.69) is 37.2 Å². The fourth-order valence-corrected chi connectivity index (χ4v) is 3.93. The number of amides is 4. The van der Waals surface area contributed by atoms with Gasteiger partial charge in [-0.2, -0.15) is 0 Å². The van der Waals surface area contributed by atoms with E-state index in [1.54, 1.807) is 42.5 Å². The number of benzene rings is 3. The molecule has 1 heterocycles. The summed E-state index contributed by atoms with van der Waals surface area (Å²) >= 11 is 6.82. The average molecular weight is 586 g/mol. The Morgan fingerprint density at radius 3 is 2.26 bits per heavy atom. The van der Waals surface area contributed by atoms with Gasteiger partial charge in [0.25, 0.3) is 11.8 Å². The number of rotatable bonds is 6. The number of nitrogens with zero attached hydrogens (tertiary/aromatic N) is 1. The van der Waals surface area contributed by atoms with E-state index in [0.29, 0.717) is 29.4 Å². The Balaban J connectivity index is 1.65. The van der Waals surface area contributed by atoms with E-state index in [9.17, 15) is 14.4 Å². The number of urea groups is 1. The normalized spacial score (nSPS) is 14.9. The molecule has 0 spiro atoms. The number of anilines is 1. The molecule has 0 aliphatic carbocycles. The molecule has 4 amide bonds. The summed E-state index contributed by atoms with van der Waals surface area (Å²) < 4.78 is 12.8. The van der Waals surface area contributed by atoms with Crippen LogP contribution in [0.15, 0.2) is 81.2 Å². The number of carbonyl (C=O) groups excluding carboxylic acids is 3. The quantitative estimate of drug-likeness (QED) is 0.306.